The summed E-state index contributed by atoms with van der Waals surface area (Å²) in [7, 11) is 3.80. The number of carbonyl (C=O) groups excluding carboxylic acids is 1. The zero-order chi connectivity index (χ0) is 24.0. The fourth-order valence-electron chi connectivity index (χ4n) is 4.77. The van der Waals surface area contributed by atoms with Crippen molar-refractivity contribution in [1.82, 2.24) is 9.78 Å². The third kappa shape index (κ3) is 4.08. The van der Waals surface area contributed by atoms with Crippen molar-refractivity contribution in [2.75, 3.05) is 24.3 Å². The second-order valence-corrected chi connectivity index (χ2v) is 9.70. The summed E-state index contributed by atoms with van der Waals surface area (Å²) in [5, 5.41) is 31.7. The first-order chi connectivity index (χ1) is 16.3. The Bertz CT molecular complexity index is 1290. The van der Waals surface area contributed by atoms with Crippen molar-refractivity contribution in [3.05, 3.63) is 53.1 Å². The number of anilines is 2. The Morgan fingerprint density at radius 1 is 1.29 bits per heavy atom. The lowest BCUT2D eigenvalue weighted by Gasteiger charge is -2.32. The molecule has 1 aromatic carbocycles. The van der Waals surface area contributed by atoms with Crippen molar-refractivity contribution in [3.8, 4) is 12.3 Å². The van der Waals surface area contributed by atoms with E-state index < -0.39 is 11.5 Å². The number of carbonyl (C=O) groups is 1. The number of benzene rings is 1. The molecule has 0 radical (unpaired) electrons. The molecule has 34 heavy (non-hydrogen) atoms. The number of hydrogen-bond acceptors (Lipinski definition) is 5. The topological polar surface area (TPSA) is 97.3 Å². The SMILES string of the molecule is C#CC1(O)CCC(n2cc3cc(NC(=O)c4cccc(C5CC5)[n+]4[O-])c(N(C)C)cc3n2)CC1. The highest BCUT2D eigenvalue weighted by atomic mass is 16.5. The number of nitrogens with zero attached hydrogens (tertiary/aromatic N) is 4. The Kier molecular flexibility index (Phi) is 5.45. The number of terminal acetylenes is 1. The zero-order valence-corrected chi connectivity index (χ0v) is 19.5. The van der Waals surface area contributed by atoms with Gasteiger partial charge in [-0.1, -0.05) is 5.92 Å². The van der Waals surface area contributed by atoms with Gasteiger partial charge in [-0.3, -0.25) is 9.48 Å². The lowest BCUT2D eigenvalue weighted by Crippen LogP contribution is -2.40. The number of aliphatic hydroxyl groups is 1. The number of fused-ring (bicyclic) bond motifs is 1. The Balaban J connectivity index is 1.43. The second-order valence-electron chi connectivity index (χ2n) is 9.70. The number of pyridine rings is 1. The fourth-order valence-corrected chi connectivity index (χ4v) is 4.77. The summed E-state index contributed by atoms with van der Waals surface area (Å²) in [6, 6.07) is 9.11. The molecule has 0 unspecified atom stereocenters. The Labute approximate surface area is 198 Å². The number of rotatable bonds is 5. The summed E-state index contributed by atoms with van der Waals surface area (Å²) in [5.74, 6) is 2.33. The van der Waals surface area contributed by atoms with Crippen LogP contribution in [0.1, 0.15) is 66.7 Å². The number of amides is 1. The molecule has 2 N–H and O–H groups in total. The largest absolute Gasteiger partial charge is 0.618 e. The Morgan fingerprint density at radius 3 is 2.68 bits per heavy atom. The van der Waals surface area contributed by atoms with E-state index in [0.29, 0.717) is 24.2 Å². The normalized spacial score (nSPS) is 22.4. The molecule has 0 atom stereocenters. The van der Waals surface area contributed by atoms with Gasteiger partial charge in [-0.15, -0.1) is 6.42 Å². The van der Waals surface area contributed by atoms with E-state index in [0.717, 1.165) is 47.0 Å². The van der Waals surface area contributed by atoms with Crippen molar-refractivity contribution in [1.29, 1.82) is 0 Å². The number of nitrogens with one attached hydrogen (secondary N) is 1. The van der Waals surface area contributed by atoms with Gasteiger partial charge in [0.1, 0.15) is 5.60 Å². The van der Waals surface area contributed by atoms with Gasteiger partial charge in [0.15, 0.2) is 5.69 Å². The summed E-state index contributed by atoms with van der Waals surface area (Å²) >= 11 is 0. The summed E-state index contributed by atoms with van der Waals surface area (Å²) < 4.78 is 2.70. The van der Waals surface area contributed by atoms with E-state index in [9.17, 15) is 15.1 Å². The lowest BCUT2D eigenvalue weighted by atomic mass is 9.83. The van der Waals surface area contributed by atoms with Crippen LogP contribution in [0, 0.1) is 17.6 Å². The van der Waals surface area contributed by atoms with Gasteiger partial charge >= 0.3 is 5.91 Å². The average Bonchev–Trinajstić information content (AvgIpc) is 3.58. The Morgan fingerprint density at radius 2 is 2.03 bits per heavy atom. The first kappa shape index (κ1) is 22.2. The van der Waals surface area contributed by atoms with Gasteiger partial charge in [0.25, 0.3) is 5.69 Å². The molecule has 2 aromatic heterocycles. The molecular weight excluding hydrogens is 430 g/mol. The van der Waals surface area contributed by atoms with Crippen molar-refractivity contribution >= 4 is 28.2 Å². The molecule has 176 valence electrons. The summed E-state index contributed by atoms with van der Waals surface area (Å²) in [6.07, 6.45) is 12.0. The maximum atomic E-state index is 13.1. The van der Waals surface area contributed by atoms with Crippen molar-refractivity contribution in [2.45, 2.75) is 56.1 Å². The van der Waals surface area contributed by atoms with E-state index in [4.69, 9.17) is 11.5 Å². The highest BCUT2D eigenvalue weighted by Crippen LogP contribution is 2.38. The third-order valence-electron chi connectivity index (χ3n) is 7.00. The smallest absolute Gasteiger partial charge is 0.321 e. The maximum Gasteiger partial charge on any atom is 0.321 e. The number of hydrogen-bond donors (Lipinski definition) is 2. The Hall–Kier alpha value is -3.57. The highest BCUT2D eigenvalue weighted by molar-refractivity contribution is 6.05. The highest BCUT2D eigenvalue weighted by Gasteiger charge is 2.34. The van der Waals surface area contributed by atoms with E-state index in [1.54, 1.807) is 18.2 Å². The molecule has 8 nitrogen and oxygen atoms in total. The van der Waals surface area contributed by atoms with Crippen molar-refractivity contribution in [3.63, 3.8) is 0 Å². The van der Waals surface area contributed by atoms with Gasteiger partial charge in [0.05, 0.1) is 22.9 Å². The minimum Gasteiger partial charge on any atom is -0.618 e. The minimum atomic E-state index is -1.02. The molecule has 8 heteroatoms. The third-order valence-corrected chi connectivity index (χ3v) is 7.00. The standard InChI is InChI=1S/C26H29N5O3/c1-4-26(33)12-10-19(11-13-26)30-16-18-14-21(24(29(2)3)15-20(18)28-30)27-25(32)23-7-5-6-22(31(23)34)17-8-9-17/h1,5-7,14-17,19,33H,8-13H2,2-3H3,(H,27,32). The summed E-state index contributed by atoms with van der Waals surface area (Å²) in [4.78, 5) is 15.0. The molecule has 0 bridgehead atoms. The summed E-state index contributed by atoms with van der Waals surface area (Å²) in [6.45, 7) is 0. The second kappa shape index (κ2) is 8.33. The monoisotopic (exact) mass is 459 g/mol. The van der Waals surface area contributed by atoms with E-state index >= 15 is 0 Å². The van der Waals surface area contributed by atoms with Crippen LogP contribution in [-0.4, -0.2) is 40.5 Å². The minimum absolute atomic E-state index is 0.0908. The van der Waals surface area contributed by atoms with Crippen LogP contribution in [0.25, 0.3) is 10.9 Å². The van der Waals surface area contributed by atoms with Gasteiger partial charge in [0, 0.05) is 43.7 Å². The van der Waals surface area contributed by atoms with Gasteiger partial charge in [-0.2, -0.15) is 9.83 Å². The molecule has 5 rings (SSSR count). The van der Waals surface area contributed by atoms with Crippen molar-refractivity contribution < 1.29 is 14.6 Å². The molecule has 0 spiro atoms. The average molecular weight is 460 g/mol. The molecule has 0 saturated heterocycles. The molecule has 2 aliphatic carbocycles. The predicted molar refractivity (Wildman–Crippen MR) is 131 cm³/mol. The van der Waals surface area contributed by atoms with Crippen LogP contribution in [0.2, 0.25) is 0 Å². The van der Waals surface area contributed by atoms with Crippen LogP contribution in [0.3, 0.4) is 0 Å². The predicted octanol–water partition coefficient (Wildman–Crippen LogP) is 3.34. The van der Waals surface area contributed by atoms with E-state index in [1.807, 2.05) is 42.0 Å². The first-order valence-electron chi connectivity index (χ1n) is 11.7. The lowest BCUT2D eigenvalue weighted by molar-refractivity contribution is -0.616. The summed E-state index contributed by atoms with van der Waals surface area (Å²) in [5.41, 5.74) is 1.95. The molecule has 2 heterocycles. The molecule has 0 aliphatic heterocycles. The maximum absolute atomic E-state index is 13.1. The van der Waals surface area contributed by atoms with E-state index in [1.165, 1.54) is 0 Å². The first-order valence-corrected chi connectivity index (χ1v) is 11.7. The van der Waals surface area contributed by atoms with Crippen LogP contribution in [0.5, 0.6) is 0 Å². The molecule has 2 aliphatic rings. The van der Waals surface area contributed by atoms with Crippen LogP contribution in [0.4, 0.5) is 11.4 Å². The zero-order valence-electron chi connectivity index (χ0n) is 19.5. The van der Waals surface area contributed by atoms with Crippen molar-refractivity contribution in [2.24, 2.45) is 0 Å². The van der Waals surface area contributed by atoms with Gasteiger partial charge in [-0.05, 0) is 56.7 Å². The fraction of sp³-hybridized carbons (Fsp3) is 0.423. The molecular formula is C26H29N5O3. The van der Waals surface area contributed by atoms with Gasteiger partial charge < -0.3 is 20.5 Å². The van der Waals surface area contributed by atoms with Crippen LogP contribution < -0.4 is 14.9 Å². The molecule has 1 amide bonds. The van der Waals surface area contributed by atoms with Crippen LogP contribution in [0.15, 0.2) is 36.5 Å². The molecule has 2 saturated carbocycles. The van der Waals surface area contributed by atoms with Crippen LogP contribution >= 0.6 is 0 Å². The van der Waals surface area contributed by atoms with Crippen LogP contribution in [-0.2, 0) is 0 Å². The van der Waals surface area contributed by atoms with Gasteiger partial charge in [-0.25, -0.2) is 0 Å². The van der Waals surface area contributed by atoms with Gasteiger partial charge in [0.2, 0.25) is 0 Å². The van der Waals surface area contributed by atoms with E-state index in [2.05, 4.69) is 11.2 Å². The quantitative estimate of drug-likeness (QED) is 0.347. The van der Waals surface area contributed by atoms with E-state index in [-0.39, 0.29) is 17.7 Å². The molecule has 3 aromatic rings. The number of aromatic nitrogens is 3. The molecule has 2 fully saturated rings.